The van der Waals surface area contributed by atoms with Crippen LogP contribution in [0.25, 0.3) is 22.3 Å². The van der Waals surface area contributed by atoms with Crippen molar-refractivity contribution in [2.24, 2.45) is 0 Å². The van der Waals surface area contributed by atoms with Crippen LogP contribution in [0, 0.1) is 0 Å². The maximum atomic E-state index is 10.1. The minimum atomic E-state index is 0.142. The summed E-state index contributed by atoms with van der Waals surface area (Å²) in [5.41, 5.74) is 3.52. The van der Waals surface area contributed by atoms with Crippen LogP contribution >= 0.6 is 0 Å². The molecule has 4 rings (SSSR count). The number of methoxy groups -OCH3 is 1. The average Bonchev–Trinajstić information content (AvgIpc) is 2.73. The van der Waals surface area contributed by atoms with E-state index in [0.717, 1.165) is 5.56 Å². The molecule has 0 radical (unpaired) electrons. The second-order valence-corrected chi connectivity index (χ2v) is 6.31. The third-order valence-corrected chi connectivity index (χ3v) is 4.43. The molecule has 3 N–H and O–H groups in total. The molecule has 0 saturated heterocycles. The molecule has 0 aliphatic rings. The summed E-state index contributed by atoms with van der Waals surface area (Å²) in [6.07, 6.45) is 0. The van der Waals surface area contributed by atoms with Gasteiger partial charge >= 0.3 is 0 Å². The first-order valence-corrected chi connectivity index (χ1v) is 8.80. The number of hydrogen-bond donors (Lipinski definition) is 3. The van der Waals surface area contributed by atoms with Crippen molar-refractivity contribution < 1.29 is 14.9 Å². The Bertz CT molecular complexity index is 1130. The molecule has 4 aromatic rings. The molecular weight excluding hydrogens is 354 g/mol. The van der Waals surface area contributed by atoms with Gasteiger partial charge in [-0.15, -0.1) is 0 Å². The van der Waals surface area contributed by atoms with Crippen LogP contribution in [0.4, 0.5) is 5.82 Å². The molecule has 140 valence electrons. The van der Waals surface area contributed by atoms with Crippen molar-refractivity contribution in [1.82, 2.24) is 9.97 Å². The van der Waals surface area contributed by atoms with Crippen molar-refractivity contribution in [2.45, 2.75) is 6.54 Å². The zero-order chi connectivity index (χ0) is 19.5. The lowest BCUT2D eigenvalue weighted by Gasteiger charge is -2.13. The minimum absolute atomic E-state index is 0.142. The molecule has 0 saturated carbocycles. The summed E-state index contributed by atoms with van der Waals surface area (Å²) >= 11 is 0. The second kappa shape index (κ2) is 7.44. The van der Waals surface area contributed by atoms with Gasteiger partial charge in [0, 0.05) is 23.7 Å². The van der Waals surface area contributed by atoms with Gasteiger partial charge in [-0.2, -0.15) is 0 Å². The van der Waals surface area contributed by atoms with Crippen LogP contribution in [-0.2, 0) is 6.54 Å². The average molecular weight is 373 g/mol. The Morgan fingerprint density at radius 2 is 1.71 bits per heavy atom. The van der Waals surface area contributed by atoms with E-state index in [1.807, 2.05) is 30.3 Å². The lowest BCUT2D eigenvalue weighted by atomic mass is 10.1. The van der Waals surface area contributed by atoms with Gasteiger partial charge in [0.25, 0.3) is 0 Å². The molecule has 0 aliphatic carbocycles. The number of rotatable bonds is 5. The lowest BCUT2D eigenvalue weighted by molar-refractivity contribution is 0.411. The molecule has 0 amide bonds. The zero-order valence-corrected chi connectivity index (χ0v) is 15.3. The van der Waals surface area contributed by atoms with Crippen LogP contribution in [0.1, 0.15) is 5.56 Å². The molecule has 3 aromatic carbocycles. The van der Waals surface area contributed by atoms with E-state index in [2.05, 4.69) is 10.3 Å². The van der Waals surface area contributed by atoms with Crippen molar-refractivity contribution in [2.75, 3.05) is 12.4 Å². The highest BCUT2D eigenvalue weighted by Crippen LogP contribution is 2.30. The predicted octanol–water partition coefficient (Wildman–Crippen LogP) is 4.33. The Balaban J connectivity index is 1.76. The number of phenols is 2. The Labute approximate surface area is 162 Å². The van der Waals surface area contributed by atoms with E-state index >= 15 is 0 Å². The third kappa shape index (κ3) is 3.53. The van der Waals surface area contributed by atoms with E-state index in [1.165, 1.54) is 0 Å². The van der Waals surface area contributed by atoms with Gasteiger partial charge < -0.3 is 20.3 Å². The number of ether oxygens (including phenoxy) is 1. The predicted molar refractivity (Wildman–Crippen MR) is 109 cm³/mol. The molecule has 0 atom stereocenters. The maximum Gasteiger partial charge on any atom is 0.153 e. The molecular formula is C22H19N3O3. The normalized spacial score (nSPS) is 10.8. The van der Waals surface area contributed by atoms with Gasteiger partial charge in [-0.05, 0) is 30.3 Å². The molecule has 6 heteroatoms. The monoisotopic (exact) mass is 373 g/mol. The molecule has 1 aromatic heterocycles. The van der Waals surface area contributed by atoms with Gasteiger partial charge in [0.05, 0.1) is 18.1 Å². The van der Waals surface area contributed by atoms with Crippen LogP contribution in [0.15, 0.2) is 66.7 Å². The van der Waals surface area contributed by atoms with E-state index < -0.39 is 0 Å². The van der Waals surface area contributed by atoms with Gasteiger partial charge in [-0.1, -0.05) is 30.3 Å². The van der Waals surface area contributed by atoms with Crippen LogP contribution in [0.3, 0.4) is 0 Å². The van der Waals surface area contributed by atoms with E-state index in [0.29, 0.717) is 40.4 Å². The van der Waals surface area contributed by atoms with Crippen LogP contribution in [0.2, 0.25) is 0 Å². The minimum Gasteiger partial charge on any atom is -0.508 e. The summed E-state index contributed by atoms with van der Waals surface area (Å²) < 4.78 is 5.23. The van der Waals surface area contributed by atoms with Crippen molar-refractivity contribution >= 4 is 16.9 Å². The summed E-state index contributed by atoms with van der Waals surface area (Å²) in [5, 5.41) is 23.2. The standard InChI is InChI=1S/C22H19N3O3/c1-28-17-8-10-20(27)15(11-17)13-23-22-21(14-5-3-2-4-6-14)24-19-12-16(26)7-9-18(19)25-22/h2-12,26-27H,13H2,1H3,(H,23,25). The smallest absolute Gasteiger partial charge is 0.153 e. The number of nitrogens with zero attached hydrogens (tertiary/aromatic N) is 2. The first-order valence-electron chi connectivity index (χ1n) is 8.80. The van der Waals surface area contributed by atoms with E-state index in [9.17, 15) is 10.2 Å². The lowest BCUT2D eigenvalue weighted by Crippen LogP contribution is -2.05. The topological polar surface area (TPSA) is 87.5 Å². The van der Waals surface area contributed by atoms with Crippen LogP contribution in [0.5, 0.6) is 17.2 Å². The van der Waals surface area contributed by atoms with E-state index in [-0.39, 0.29) is 11.5 Å². The fourth-order valence-corrected chi connectivity index (χ4v) is 2.97. The van der Waals surface area contributed by atoms with Crippen molar-refractivity contribution in [3.63, 3.8) is 0 Å². The number of nitrogens with one attached hydrogen (secondary N) is 1. The molecule has 0 bridgehead atoms. The molecule has 0 aliphatic heterocycles. The highest BCUT2D eigenvalue weighted by molar-refractivity contribution is 5.84. The second-order valence-electron chi connectivity index (χ2n) is 6.31. The SMILES string of the molecule is COc1ccc(O)c(CNc2nc3ccc(O)cc3nc2-c2ccccc2)c1. The van der Waals surface area contributed by atoms with Gasteiger partial charge in [-0.3, -0.25) is 0 Å². The third-order valence-electron chi connectivity index (χ3n) is 4.43. The Hall–Kier alpha value is -3.80. The molecule has 0 spiro atoms. The number of anilines is 1. The maximum absolute atomic E-state index is 10.1. The molecule has 0 unspecified atom stereocenters. The quantitative estimate of drug-likeness (QED) is 0.483. The number of aromatic nitrogens is 2. The fraction of sp³-hybridized carbons (Fsp3) is 0.0909. The van der Waals surface area contributed by atoms with Crippen molar-refractivity contribution in [1.29, 1.82) is 0 Å². The molecule has 0 fully saturated rings. The van der Waals surface area contributed by atoms with Crippen LogP contribution < -0.4 is 10.1 Å². The van der Waals surface area contributed by atoms with Crippen molar-refractivity contribution in [3.05, 3.63) is 72.3 Å². The number of aromatic hydroxyl groups is 2. The Morgan fingerprint density at radius 3 is 2.50 bits per heavy atom. The molecule has 1 heterocycles. The highest BCUT2D eigenvalue weighted by Gasteiger charge is 2.12. The Kier molecular flexibility index (Phi) is 4.68. The van der Waals surface area contributed by atoms with Gasteiger partial charge in [0.1, 0.15) is 22.9 Å². The van der Waals surface area contributed by atoms with Gasteiger partial charge in [0.15, 0.2) is 5.82 Å². The zero-order valence-electron chi connectivity index (χ0n) is 15.3. The summed E-state index contributed by atoms with van der Waals surface area (Å²) in [7, 11) is 1.58. The van der Waals surface area contributed by atoms with Gasteiger partial charge in [0.2, 0.25) is 0 Å². The number of hydrogen-bond acceptors (Lipinski definition) is 6. The van der Waals surface area contributed by atoms with E-state index in [4.69, 9.17) is 9.72 Å². The first-order chi connectivity index (χ1) is 13.6. The summed E-state index contributed by atoms with van der Waals surface area (Å²) in [4.78, 5) is 9.38. The molecule has 6 nitrogen and oxygen atoms in total. The summed E-state index contributed by atoms with van der Waals surface area (Å²) in [5.74, 6) is 1.57. The number of benzene rings is 3. The van der Waals surface area contributed by atoms with Gasteiger partial charge in [-0.25, -0.2) is 9.97 Å². The van der Waals surface area contributed by atoms with Crippen molar-refractivity contribution in [3.8, 4) is 28.5 Å². The summed E-state index contributed by atoms with van der Waals surface area (Å²) in [6.45, 7) is 0.348. The highest BCUT2D eigenvalue weighted by atomic mass is 16.5. The Morgan fingerprint density at radius 1 is 0.893 bits per heavy atom. The largest absolute Gasteiger partial charge is 0.508 e. The van der Waals surface area contributed by atoms with Crippen LogP contribution in [-0.4, -0.2) is 27.3 Å². The summed E-state index contributed by atoms with van der Waals surface area (Å²) in [6, 6.07) is 19.7. The van der Waals surface area contributed by atoms with E-state index in [1.54, 1.807) is 43.5 Å². The number of phenolic OH excluding ortho intramolecular Hbond substituents is 2. The number of fused-ring (bicyclic) bond motifs is 1. The fourth-order valence-electron chi connectivity index (χ4n) is 2.97. The molecule has 28 heavy (non-hydrogen) atoms. The first kappa shape index (κ1) is 17.6.